The van der Waals surface area contributed by atoms with Crippen LogP contribution in [0, 0.1) is 0 Å². The van der Waals surface area contributed by atoms with Gasteiger partial charge in [0.15, 0.2) is 5.11 Å². The lowest BCUT2D eigenvalue weighted by atomic mass is 10.1. The summed E-state index contributed by atoms with van der Waals surface area (Å²) >= 11 is 7.36. The smallest absolute Gasteiger partial charge is 0.341 e. The highest BCUT2D eigenvalue weighted by Gasteiger charge is 2.21. The highest BCUT2D eigenvalue weighted by molar-refractivity contribution is 7.80. The highest BCUT2D eigenvalue weighted by atomic mass is 32.1. The second-order valence-corrected chi connectivity index (χ2v) is 9.14. The number of carbonyl (C=O) groups is 1. The van der Waals surface area contributed by atoms with Gasteiger partial charge in [-0.2, -0.15) is 0 Å². The van der Waals surface area contributed by atoms with Crippen molar-refractivity contribution in [2.24, 2.45) is 0 Å². The fourth-order valence-electron chi connectivity index (χ4n) is 3.57. The number of carbonyl (C=O) groups excluding carboxylic acids is 1. The molecule has 0 unspecified atom stereocenters. The van der Waals surface area contributed by atoms with E-state index >= 15 is 0 Å². The average Bonchev–Trinajstić information content (AvgIpc) is 3.29. The van der Waals surface area contributed by atoms with E-state index in [9.17, 15) is 4.79 Å². The Hall–Kier alpha value is -3.48. The number of hydrogen-bond acceptors (Lipinski definition) is 4. The molecule has 1 aromatic heterocycles. The molecule has 0 saturated heterocycles. The molecule has 0 spiro atoms. The van der Waals surface area contributed by atoms with Gasteiger partial charge in [-0.05, 0) is 41.9 Å². The molecule has 0 saturated carbocycles. The zero-order valence-electron chi connectivity index (χ0n) is 18.9. The third kappa shape index (κ3) is 6.10. The van der Waals surface area contributed by atoms with Crippen molar-refractivity contribution in [3.63, 3.8) is 0 Å². The number of thiocarbonyl (C=S) groups is 1. The first-order valence-corrected chi connectivity index (χ1v) is 12.4. The number of nitrogens with zero attached hydrogens (tertiary/aromatic N) is 1. The lowest BCUT2D eigenvalue weighted by molar-refractivity contribution is 0.0528. The van der Waals surface area contributed by atoms with Gasteiger partial charge in [-0.25, -0.2) is 4.79 Å². The number of anilines is 1. The van der Waals surface area contributed by atoms with Crippen LogP contribution in [-0.2, 0) is 17.8 Å². The predicted molar refractivity (Wildman–Crippen MR) is 144 cm³/mol. The Morgan fingerprint density at radius 1 is 0.882 bits per heavy atom. The number of benzene rings is 3. The van der Waals surface area contributed by atoms with Crippen molar-refractivity contribution in [3.05, 3.63) is 114 Å². The van der Waals surface area contributed by atoms with E-state index in [1.54, 1.807) is 0 Å². The van der Waals surface area contributed by atoms with Crippen molar-refractivity contribution in [3.8, 4) is 10.4 Å². The highest BCUT2D eigenvalue weighted by Crippen LogP contribution is 2.36. The molecular weight excluding hydrogens is 460 g/mol. The maximum absolute atomic E-state index is 12.7. The molecule has 0 amide bonds. The summed E-state index contributed by atoms with van der Waals surface area (Å²) in [6, 6.07) is 32.3. The predicted octanol–water partition coefficient (Wildman–Crippen LogP) is 6.99. The van der Waals surface area contributed by atoms with Gasteiger partial charge >= 0.3 is 5.97 Å². The van der Waals surface area contributed by atoms with E-state index in [1.165, 1.54) is 11.3 Å². The summed E-state index contributed by atoms with van der Waals surface area (Å²) in [6.45, 7) is 3.41. The molecule has 4 rings (SSSR count). The van der Waals surface area contributed by atoms with Crippen LogP contribution in [0.2, 0.25) is 0 Å². The van der Waals surface area contributed by atoms with Gasteiger partial charge in [-0.15, -0.1) is 11.3 Å². The number of rotatable bonds is 8. The fraction of sp³-hybridized carbons (Fsp3) is 0.143. The normalized spacial score (nSPS) is 10.5. The summed E-state index contributed by atoms with van der Waals surface area (Å²) in [5, 5.41) is 4.60. The van der Waals surface area contributed by atoms with Crippen molar-refractivity contribution in [2.45, 2.75) is 20.0 Å². The summed E-state index contributed by atoms with van der Waals surface area (Å²) in [5.74, 6) is -0.358. The molecular formula is C28H26N2O2S2. The Bertz CT molecular complexity index is 1180. The van der Waals surface area contributed by atoms with Crippen LogP contribution < -0.4 is 5.32 Å². The van der Waals surface area contributed by atoms with E-state index in [0.717, 1.165) is 21.6 Å². The molecule has 1 N–H and O–H groups in total. The Morgan fingerprint density at radius 3 is 1.94 bits per heavy atom. The standard InChI is InChI=1S/C28H26N2O2S2/c1-2-32-27(31)24-18-25(23-16-10-5-11-17-23)34-26(24)29-28(33)30(19-21-12-6-3-7-13-21)20-22-14-8-4-9-15-22/h3-18H,2,19-20H2,1H3,(H,29,33). The first kappa shape index (κ1) is 23.7. The van der Waals surface area contributed by atoms with E-state index in [2.05, 4.69) is 34.5 Å². The van der Waals surface area contributed by atoms with E-state index < -0.39 is 0 Å². The first-order chi connectivity index (χ1) is 16.6. The monoisotopic (exact) mass is 486 g/mol. The van der Waals surface area contributed by atoms with Gasteiger partial charge in [-0.3, -0.25) is 0 Å². The third-order valence-electron chi connectivity index (χ3n) is 5.23. The second-order valence-electron chi connectivity index (χ2n) is 7.70. The molecule has 3 aromatic carbocycles. The number of ether oxygens (including phenoxy) is 1. The molecule has 0 fully saturated rings. The van der Waals surface area contributed by atoms with Gasteiger partial charge in [0.05, 0.1) is 12.2 Å². The summed E-state index contributed by atoms with van der Waals surface area (Å²) in [4.78, 5) is 15.8. The van der Waals surface area contributed by atoms with Gasteiger partial charge in [0.2, 0.25) is 0 Å². The zero-order valence-corrected chi connectivity index (χ0v) is 20.6. The van der Waals surface area contributed by atoms with Crippen LogP contribution in [0.5, 0.6) is 0 Å². The summed E-state index contributed by atoms with van der Waals surface area (Å²) in [6.07, 6.45) is 0. The van der Waals surface area contributed by atoms with Crippen molar-refractivity contribution in [2.75, 3.05) is 11.9 Å². The molecule has 0 atom stereocenters. The third-order valence-corrected chi connectivity index (χ3v) is 6.69. The molecule has 0 bridgehead atoms. The second kappa shape index (κ2) is 11.6. The van der Waals surface area contributed by atoms with Crippen LogP contribution in [0.4, 0.5) is 5.00 Å². The van der Waals surface area contributed by atoms with Gasteiger partial charge in [0.1, 0.15) is 5.00 Å². The molecule has 0 aliphatic carbocycles. The van der Waals surface area contributed by atoms with Gasteiger partial charge in [0.25, 0.3) is 0 Å². The van der Waals surface area contributed by atoms with Gasteiger partial charge < -0.3 is 15.0 Å². The van der Waals surface area contributed by atoms with Crippen molar-refractivity contribution in [1.82, 2.24) is 4.90 Å². The maximum Gasteiger partial charge on any atom is 0.341 e. The van der Waals surface area contributed by atoms with Crippen LogP contribution in [0.1, 0.15) is 28.4 Å². The van der Waals surface area contributed by atoms with Crippen LogP contribution in [-0.4, -0.2) is 22.6 Å². The molecule has 4 aromatic rings. The molecule has 172 valence electrons. The van der Waals surface area contributed by atoms with E-state index in [4.69, 9.17) is 17.0 Å². The summed E-state index contributed by atoms with van der Waals surface area (Å²) < 4.78 is 5.32. The van der Waals surface area contributed by atoms with Gasteiger partial charge in [-0.1, -0.05) is 91.0 Å². The van der Waals surface area contributed by atoms with E-state index in [0.29, 0.717) is 35.4 Å². The van der Waals surface area contributed by atoms with Crippen molar-refractivity contribution >= 4 is 39.6 Å². The summed E-state index contributed by atoms with van der Waals surface area (Å²) in [5.41, 5.74) is 3.85. The Morgan fingerprint density at radius 2 is 1.41 bits per heavy atom. The molecule has 6 heteroatoms. The molecule has 4 nitrogen and oxygen atoms in total. The summed E-state index contributed by atoms with van der Waals surface area (Å²) in [7, 11) is 0. The lowest BCUT2D eigenvalue weighted by Gasteiger charge is -2.26. The van der Waals surface area contributed by atoms with Crippen LogP contribution in [0.15, 0.2) is 97.1 Å². The topological polar surface area (TPSA) is 41.6 Å². The van der Waals surface area contributed by atoms with Gasteiger partial charge in [0, 0.05) is 18.0 Å². The van der Waals surface area contributed by atoms with Crippen LogP contribution >= 0.6 is 23.6 Å². The zero-order chi connectivity index (χ0) is 23.8. The Labute approximate surface area is 209 Å². The molecule has 34 heavy (non-hydrogen) atoms. The SMILES string of the molecule is CCOC(=O)c1cc(-c2ccccc2)sc1NC(=S)N(Cc1ccccc1)Cc1ccccc1. The fourth-order valence-corrected chi connectivity index (χ4v) is 4.92. The van der Waals surface area contributed by atoms with Crippen molar-refractivity contribution in [1.29, 1.82) is 0 Å². The number of esters is 1. The van der Waals surface area contributed by atoms with Crippen molar-refractivity contribution < 1.29 is 9.53 Å². The lowest BCUT2D eigenvalue weighted by Crippen LogP contribution is -2.34. The minimum Gasteiger partial charge on any atom is -0.462 e. The van der Waals surface area contributed by atoms with Crippen LogP contribution in [0.25, 0.3) is 10.4 Å². The molecule has 0 aliphatic heterocycles. The Kier molecular flexibility index (Phi) is 8.07. The molecule has 0 aliphatic rings. The number of nitrogens with one attached hydrogen (secondary N) is 1. The Balaban J connectivity index is 1.63. The molecule has 1 heterocycles. The average molecular weight is 487 g/mol. The number of thiophene rings is 1. The minimum atomic E-state index is -0.358. The maximum atomic E-state index is 12.7. The van der Waals surface area contributed by atoms with E-state index in [-0.39, 0.29) is 5.97 Å². The first-order valence-electron chi connectivity index (χ1n) is 11.1. The number of hydrogen-bond donors (Lipinski definition) is 1. The van der Waals surface area contributed by atoms with E-state index in [1.807, 2.05) is 79.7 Å². The minimum absolute atomic E-state index is 0.313. The molecule has 0 radical (unpaired) electrons. The largest absolute Gasteiger partial charge is 0.462 e. The quantitative estimate of drug-likeness (QED) is 0.215. The van der Waals surface area contributed by atoms with Crippen LogP contribution in [0.3, 0.4) is 0 Å².